The molecule has 0 unspecified atom stereocenters. The van der Waals surface area contributed by atoms with Crippen molar-refractivity contribution in [3.63, 3.8) is 0 Å². The van der Waals surface area contributed by atoms with Gasteiger partial charge in [-0.2, -0.15) is 0 Å². The van der Waals surface area contributed by atoms with Crippen LogP contribution in [0, 0.1) is 11.6 Å². The number of halogens is 2. The van der Waals surface area contributed by atoms with Crippen molar-refractivity contribution in [2.24, 2.45) is 7.05 Å². The Hall–Kier alpha value is -1.91. The van der Waals surface area contributed by atoms with Gasteiger partial charge >= 0.3 is 0 Å². The maximum atomic E-state index is 12.9. The third-order valence-electron chi connectivity index (χ3n) is 2.44. The van der Waals surface area contributed by atoms with Gasteiger partial charge < -0.3 is 9.88 Å². The molecule has 1 N–H and O–H groups in total. The lowest BCUT2D eigenvalue weighted by atomic mass is 10.1. The Kier molecular flexibility index (Phi) is 3.37. The summed E-state index contributed by atoms with van der Waals surface area (Å²) in [6, 6.07) is 3.54. The number of aryl methyl sites for hydroxylation is 1. The Labute approximate surface area is 98.1 Å². The number of hydrogen-bond acceptors (Lipinski definition) is 2. The fraction of sp³-hybridized carbons (Fsp3) is 0.250. The predicted octanol–water partition coefficient (Wildman–Crippen LogP) is 2.35. The van der Waals surface area contributed by atoms with Gasteiger partial charge in [-0.05, 0) is 24.1 Å². The molecule has 0 saturated carbocycles. The number of imidazole rings is 1. The second-order valence-electron chi connectivity index (χ2n) is 3.82. The third kappa shape index (κ3) is 3.03. The highest BCUT2D eigenvalue weighted by Gasteiger charge is 2.01. The maximum absolute atomic E-state index is 12.9. The molecule has 3 nitrogen and oxygen atoms in total. The molecule has 2 aromatic rings. The van der Waals surface area contributed by atoms with E-state index in [9.17, 15) is 8.78 Å². The summed E-state index contributed by atoms with van der Waals surface area (Å²) in [7, 11) is 1.87. The molecule has 17 heavy (non-hydrogen) atoms. The highest BCUT2D eigenvalue weighted by molar-refractivity contribution is 5.26. The molecule has 90 valence electrons. The number of nitrogens with one attached hydrogen (secondary N) is 1. The zero-order valence-electron chi connectivity index (χ0n) is 9.45. The van der Waals surface area contributed by atoms with Gasteiger partial charge in [0.05, 0.1) is 0 Å². The fourth-order valence-electron chi connectivity index (χ4n) is 1.61. The lowest BCUT2D eigenvalue weighted by Crippen LogP contribution is -2.09. The molecule has 2 rings (SSSR count). The molecule has 0 fully saturated rings. The standard InChI is InChI=1S/C12H13F2N3/c1-17-5-4-16-12(17)15-3-2-9-6-10(13)8-11(14)7-9/h4-8H,2-3H2,1H3,(H,15,16). The number of benzene rings is 1. The first-order valence-electron chi connectivity index (χ1n) is 5.31. The minimum atomic E-state index is -0.544. The van der Waals surface area contributed by atoms with Crippen LogP contribution in [0.25, 0.3) is 0 Å². The van der Waals surface area contributed by atoms with Gasteiger partial charge in [0.15, 0.2) is 0 Å². The molecule has 1 aromatic heterocycles. The summed E-state index contributed by atoms with van der Waals surface area (Å²) < 4.78 is 27.7. The number of nitrogens with zero attached hydrogens (tertiary/aromatic N) is 2. The van der Waals surface area contributed by atoms with Gasteiger partial charge in [-0.15, -0.1) is 0 Å². The highest BCUT2D eigenvalue weighted by atomic mass is 19.1. The fourth-order valence-corrected chi connectivity index (χ4v) is 1.61. The number of aromatic nitrogens is 2. The molecule has 0 saturated heterocycles. The van der Waals surface area contributed by atoms with Gasteiger partial charge in [-0.1, -0.05) is 0 Å². The summed E-state index contributed by atoms with van der Waals surface area (Å²) in [6.07, 6.45) is 4.05. The smallest absolute Gasteiger partial charge is 0.202 e. The Balaban J connectivity index is 1.92. The summed E-state index contributed by atoms with van der Waals surface area (Å²) >= 11 is 0. The van der Waals surface area contributed by atoms with Crippen molar-refractivity contribution in [1.29, 1.82) is 0 Å². The van der Waals surface area contributed by atoms with Crippen molar-refractivity contribution in [3.05, 3.63) is 47.8 Å². The van der Waals surface area contributed by atoms with E-state index in [0.717, 1.165) is 12.0 Å². The Morgan fingerprint density at radius 2 is 1.94 bits per heavy atom. The van der Waals surface area contributed by atoms with E-state index in [0.29, 0.717) is 18.5 Å². The summed E-state index contributed by atoms with van der Waals surface area (Å²) in [4.78, 5) is 4.09. The van der Waals surface area contributed by atoms with Crippen LogP contribution in [-0.4, -0.2) is 16.1 Å². The average Bonchev–Trinajstić information content (AvgIpc) is 2.63. The molecule has 0 aliphatic rings. The average molecular weight is 237 g/mol. The zero-order chi connectivity index (χ0) is 12.3. The Morgan fingerprint density at radius 1 is 1.24 bits per heavy atom. The van der Waals surface area contributed by atoms with E-state index in [1.807, 2.05) is 17.8 Å². The second kappa shape index (κ2) is 4.95. The molecule has 0 aliphatic heterocycles. The molecule has 0 bridgehead atoms. The summed E-state index contributed by atoms with van der Waals surface area (Å²) in [5.41, 5.74) is 0.629. The predicted molar refractivity (Wildman–Crippen MR) is 61.8 cm³/mol. The van der Waals surface area contributed by atoms with Crippen LogP contribution in [0.1, 0.15) is 5.56 Å². The van der Waals surface area contributed by atoms with Crippen LogP contribution in [-0.2, 0) is 13.5 Å². The second-order valence-corrected chi connectivity index (χ2v) is 3.82. The van der Waals surface area contributed by atoms with Gasteiger partial charge in [0.25, 0.3) is 0 Å². The summed E-state index contributed by atoms with van der Waals surface area (Å²) in [5.74, 6) is -0.351. The van der Waals surface area contributed by atoms with Crippen LogP contribution in [0.5, 0.6) is 0 Å². The Bertz CT molecular complexity index is 488. The molecule has 0 spiro atoms. The molecule has 0 radical (unpaired) electrons. The van der Waals surface area contributed by atoms with E-state index >= 15 is 0 Å². The van der Waals surface area contributed by atoms with E-state index in [2.05, 4.69) is 10.3 Å². The first-order valence-corrected chi connectivity index (χ1v) is 5.31. The van der Waals surface area contributed by atoms with E-state index in [1.165, 1.54) is 12.1 Å². The topological polar surface area (TPSA) is 29.9 Å². The van der Waals surface area contributed by atoms with Gasteiger partial charge in [0, 0.05) is 32.1 Å². The normalized spacial score (nSPS) is 10.5. The third-order valence-corrected chi connectivity index (χ3v) is 2.44. The molecular formula is C12H13F2N3. The Morgan fingerprint density at radius 3 is 2.53 bits per heavy atom. The van der Waals surface area contributed by atoms with Crippen LogP contribution in [0.4, 0.5) is 14.7 Å². The van der Waals surface area contributed by atoms with Crippen molar-refractivity contribution < 1.29 is 8.78 Å². The summed E-state index contributed by atoms with van der Waals surface area (Å²) in [5, 5.41) is 3.09. The number of rotatable bonds is 4. The molecule has 0 aliphatic carbocycles. The van der Waals surface area contributed by atoms with Crippen LogP contribution < -0.4 is 5.32 Å². The van der Waals surface area contributed by atoms with Crippen molar-refractivity contribution in [2.75, 3.05) is 11.9 Å². The van der Waals surface area contributed by atoms with Crippen molar-refractivity contribution in [1.82, 2.24) is 9.55 Å². The molecular weight excluding hydrogens is 224 g/mol. The zero-order valence-corrected chi connectivity index (χ0v) is 9.45. The van der Waals surface area contributed by atoms with Gasteiger partial charge in [0.2, 0.25) is 5.95 Å². The highest BCUT2D eigenvalue weighted by Crippen LogP contribution is 2.09. The van der Waals surface area contributed by atoms with E-state index in [1.54, 1.807) is 6.20 Å². The minimum Gasteiger partial charge on any atom is -0.355 e. The van der Waals surface area contributed by atoms with Crippen LogP contribution in [0.3, 0.4) is 0 Å². The van der Waals surface area contributed by atoms with Crippen LogP contribution in [0.15, 0.2) is 30.6 Å². The maximum Gasteiger partial charge on any atom is 0.202 e. The lowest BCUT2D eigenvalue weighted by molar-refractivity contribution is 0.580. The minimum absolute atomic E-state index is 0.543. The van der Waals surface area contributed by atoms with E-state index in [-0.39, 0.29) is 0 Å². The molecule has 1 aromatic carbocycles. The first kappa shape index (κ1) is 11.6. The SMILES string of the molecule is Cn1ccnc1NCCc1cc(F)cc(F)c1. The number of hydrogen-bond donors (Lipinski definition) is 1. The molecule has 1 heterocycles. The van der Waals surface area contributed by atoms with E-state index < -0.39 is 11.6 Å². The van der Waals surface area contributed by atoms with Crippen molar-refractivity contribution in [2.45, 2.75) is 6.42 Å². The van der Waals surface area contributed by atoms with Gasteiger partial charge in [0.1, 0.15) is 11.6 Å². The monoisotopic (exact) mass is 237 g/mol. The molecule has 0 atom stereocenters. The van der Waals surface area contributed by atoms with Gasteiger partial charge in [-0.3, -0.25) is 0 Å². The number of anilines is 1. The lowest BCUT2D eigenvalue weighted by Gasteiger charge is -2.06. The largest absolute Gasteiger partial charge is 0.355 e. The van der Waals surface area contributed by atoms with Gasteiger partial charge in [-0.25, -0.2) is 13.8 Å². The summed E-state index contributed by atoms with van der Waals surface area (Å²) in [6.45, 7) is 0.577. The molecule has 5 heteroatoms. The van der Waals surface area contributed by atoms with Crippen molar-refractivity contribution in [3.8, 4) is 0 Å². The van der Waals surface area contributed by atoms with Crippen LogP contribution in [0.2, 0.25) is 0 Å². The molecule has 0 amide bonds. The van der Waals surface area contributed by atoms with Crippen molar-refractivity contribution >= 4 is 5.95 Å². The van der Waals surface area contributed by atoms with E-state index in [4.69, 9.17) is 0 Å². The van der Waals surface area contributed by atoms with Crippen LogP contribution >= 0.6 is 0 Å². The first-order chi connectivity index (χ1) is 8.15. The quantitative estimate of drug-likeness (QED) is 0.884.